The molecule has 1 aromatic carbocycles. The minimum absolute atomic E-state index is 0.191. The second-order valence-corrected chi connectivity index (χ2v) is 6.71. The molecule has 1 N–H and O–H groups in total. The smallest absolute Gasteiger partial charge is 0.185 e. The highest BCUT2D eigenvalue weighted by atomic mass is 35.5. The van der Waals surface area contributed by atoms with E-state index in [2.05, 4.69) is 49.5 Å². The zero-order chi connectivity index (χ0) is 15.4. The van der Waals surface area contributed by atoms with Crippen molar-refractivity contribution >= 4 is 28.1 Å². The molecule has 1 atom stereocenters. The maximum Gasteiger partial charge on any atom is 0.185 e. The summed E-state index contributed by atoms with van der Waals surface area (Å²) in [7, 11) is 2.06. The molecule has 0 radical (unpaired) electrons. The summed E-state index contributed by atoms with van der Waals surface area (Å²) in [5.41, 5.74) is 2.21. The fourth-order valence-corrected chi connectivity index (χ4v) is 3.20. The van der Waals surface area contributed by atoms with Gasteiger partial charge in [-0.05, 0) is 18.6 Å². The van der Waals surface area contributed by atoms with Crippen LogP contribution in [0.5, 0.6) is 0 Å². The molecule has 1 unspecified atom stereocenters. The summed E-state index contributed by atoms with van der Waals surface area (Å²) >= 11 is 7.96. The van der Waals surface area contributed by atoms with E-state index in [1.165, 1.54) is 0 Å². The molecule has 0 bridgehead atoms. The van der Waals surface area contributed by atoms with Gasteiger partial charge in [0.05, 0.1) is 11.7 Å². The average molecular weight is 324 g/mol. The number of rotatable bonds is 6. The topological polar surface area (TPSA) is 28.2 Å². The predicted octanol–water partition coefficient (Wildman–Crippen LogP) is 4.49. The number of thiazole rings is 1. The molecule has 1 heterocycles. The predicted molar refractivity (Wildman–Crippen MR) is 92.4 cm³/mol. The maximum absolute atomic E-state index is 6.29. The Kier molecular flexibility index (Phi) is 5.62. The molecule has 0 fully saturated rings. The Morgan fingerprint density at radius 3 is 2.67 bits per heavy atom. The molecule has 0 saturated heterocycles. The summed E-state index contributed by atoms with van der Waals surface area (Å²) in [6.07, 6.45) is 0. The van der Waals surface area contributed by atoms with Crippen LogP contribution in [-0.2, 0) is 6.54 Å². The van der Waals surface area contributed by atoms with Crippen LogP contribution >= 0.6 is 22.9 Å². The third-order valence-electron chi connectivity index (χ3n) is 3.47. The quantitative estimate of drug-likeness (QED) is 0.848. The maximum atomic E-state index is 6.29. The van der Waals surface area contributed by atoms with Gasteiger partial charge in [0.25, 0.3) is 0 Å². The molecule has 2 aromatic rings. The molecule has 0 amide bonds. The Bertz CT molecular complexity index is 582. The van der Waals surface area contributed by atoms with E-state index in [1.54, 1.807) is 11.3 Å². The number of benzene rings is 1. The molecule has 114 valence electrons. The van der Waals surface area contributed by atoms with Crippen LogP contribution in [0.25, 0.3) is 0 Å². The molecule has 0 aliphatic heterocycles. The van der Waals surface area contributed by atoms with Crippen molar-refractivity contribution in [2.45, 2.75) is 39.4 Å². The first-order valence-corrected chi connectivity index (χ1v) is 8.40. The largest absolute Gasteiger partial charge is 0.344 e. The fraction of sp³-hybridized carbons (Fsp3) is 0.438. The van der Waals surface area contributed by atoms with E-state index in [0.29, 0.717) is 6.04 Å². The monoisotopic (exact) mass is 323 g/mol. The molecular weight excluding hydrogens is 302 g/mol. The summed E-state index contributed by atoms with van der Waals surface area (Å²) in [6.45, 7) is 7.23. The van der Waals surface area contributed by atoms with Gasteiger partial charge in [0.1, 0.15) is 0 Å². The summed E-state index contributed by atoms with van der Waals surface area (Å²) in [5.74, 6) is 0. The average Bonchev–Trinajstić information content (AvgIpc) is 2.93. The van der Waals surface area contributed by atoms with Gasteiger partial charge in [-0.3, -0.25) is 0 Å². The van der Waals surface area contributed by atoms with Gasteiger partial charge in [0, 0.05) is 30.0 Å². The van der Waals surface area contributed by atoms with Crippen molar-refractivity contribution in [3.8, 4) is 0 Å². The van der Waals surface area contributed by atoms with Gasteiger partial charge in [-0.25, -0.2) is 4.98 Å². The third-order valence-corrected chi connectivity index (χ3v) is 4.79. The molecule has 3 nitrogen and oxygen atoms in total. The highest BCUT2D eigenvalue weighted by molar-refractivity contribution is 7.13. The Morgan fingerprint density at radius 2 is 2.00 bits per heavy atom. The zero-order valence-corrected chi connectivity index (χ0v) is 14.5. The van der Waals surface area contributed by atoms with Crippen LogP contribution in [0.15, 0.2) is 29.6 Å². The lowest BCUT2D eigenvalue weighted by molar-refractivity contribution is 0.582. The lowest BCUT2D eigenvalue weighted by Crippen LogP contribution is -2.23. The second kappa shape index (κ2) is 7.25. The van der Waals surface area contributed by atoms with E-state index in [4.69, 9.17) is 16.6 Å². The van der Waals surface area contributed by atoms with Gasteiger partial charge in [0.15, 0.2) is 5.13 Å². The van der Waals surface area contributed by atoms with Crippen LogP contribution in [-0.4, -0.2) is 18.1 Å². The normalized spacial score (nSPS) is 12.7. The summed E-state index contributed by atoms with van der Waals surface area (Å²) in [5, 5.41) is 7.32. The van der Waals surface area contributed by atoms with E-state index in [9.17, 15) is 0 Å². The van der Waals surface area contributed by atoms with Crippen LogP contribution in [0, 0.1) is 0 Å². The number of aromatic nitrogens is 1. The van der Waals surface area contributed by atoms with Gasteiger partial charge >= 0.3 is 0 Å². The van der Waals surface area contributed by atoms with Gasteiger partial charge in [-0.2, -0.15) is 0 Å². The van der Waals surface area contributed by atoms with Gasteiger partial charge in [-0.1, -0.05) is 43.6 Å². The van der Waals surface area contributed by atoms with E-state index < -0.39 is 0 Å². The van der Waals surface area contributed by atoms with E-state index in [1.807, 2.05) is 18.2 Å². The van der Waals surface area contributed by atoms with Crippen LogP contribution < -0.4 is 10.2 Å². The van der Waals surface area contributed by atoms with Crippen molar-refractivity contribution < 1.29 is 0 Å². The second-order valence-electron chi connectivity index (χ2n) is 5.47. The first kappa shape index (κ1) is 16.3. The van der Waals surface area contributed by atoms with E-state index in [-0.39, 0.29) is 6.04 Å². The standard InChI is InChI=1S/C16H22ClN3S/c1-11(2)18-9-13-10-21-16(19-13)20(4)12(3)14-7-5-6-8-15(14)17/h5-8,10-12,18H,9H2,1-4H3. The van der Waals surface area contributed by atoms with Gasteiger partial charge in [-0.15, -0.1) is 11.3 Å². The first-order valence-electron chi connectivity index (χ1n) is 7.14. The molecule has 0 spiro atoms. The zero-order valence-electron chi connectivity index (χ0n) is 12.9. The van der Waals surface area contributed by atoms with Gasteiger partial charge < -0.3 is 10.2 Å². The van der Waals surface area contributed by atoms with Crippen molar-refractivity contribution in [1.29, 1.82) is 0 Å². The number of anilines is 1. The first-order chi connectivity index (χ1) is 9.99. The van der Waals surface area contributed by atoms with Crippen molar-refractivity contribution in [3.63, 3.8) is 0 Å². The van der Waals surface area contributed by atoms with Crippen molar-refractivity contribution in [2.75, 3.05) is 11.9 Å². The Hall–Kier alpha value is -1.10. The van der Waals surface area contributed by atoms with Crippen LogP contribution in [0.4, 0.5) is 5.13 Å². The van der Waals surface area contributed by atoms with Crippen LogP contribution in [0.1, 0.15) is 38.1 Å². The molecule has 0 aliphatic rings. The molecular formula is C16H22ClN3S. The lowest BCUT2D eigenvalue weighted by Gasteiger charge is -2.25. The number of hydrogen-bond acceptors (Lipinski definition) is 4. The molecule has 0 aliphatic carbocycles. The number of nitrogens with zero attached hydrogens (tertiary/aromatic N) is 2. The summed E-state index contributed by atoms with van der Waals surface area (Å²) in [6, 6.07) is 8.63. The number of hydrogen-bond donors (Lipinski definition) is 1. The highest BCUT2D eigenvalue weighted by Crippen LogP contribution is 2.31. The van der Waals surface area contributed by atoms with Crippen LogP contribution in [0.3, 0.4) is 0 Å². The summed E-state index contributed by atoms with van der Waals surface area (Å²) in [4.78, 5) is 6.87. The third kappa shape index (κ3) is 4.19. The van der Waals surface area contributed by atoms with Crippen molar-refractivity contribution in [2.24, 2.45) is 0 Å². The Balaban J connectivity index is 2.09. The molecule has 0 saturated carbocycles. The summed E-state index contributed by atoms with van der Waals surface area (Å²) < 4.78 is 0. The SMILES string of the molecule is CC(C)NCc1csc(N(C)C(C)c2ccccc2Cl)n1. The fourth-order valence-electron chi connectivity index (χ4n) is 2.04. The molecule has 2 rings (SSSR count). The minimum Gasteiger partial charge on any atom is -0.344 e. The lowest BCUT2D eigenvalue weighted by atomic mass is 10.1. The van der Waals surface area contributed by atoms with E-state index in [0.717, 1.165) is 28.0 Å². The molecule has 21 heavy (non-hydrogen) atoms. The van der Waals surface area contributed by atoms with Crippen molar-refractivity contribution in [3.05, 3.63) is 45.9 Å². The van der Waals surface area contributed by atoms with Crippen molar-refractivity contribution in [1.82, 2.24) is 10.3 Å². The van der Waals surface area contributed by atoms with Crippen LogP contribution in [0.2, 0.25) is 5.02 Å². The number of nitrogens with one attached hydrogen (secondary N) is 1. The highest BCUT2D eigenvalue weighted by Gasteiger charge is 2.17. The molecule has 1 aromatic heterocycles. The molecule has 5 heteroatoms. The minimum atomic E-state index is 0.191. The van der Waals surface area contributed by atoms with E-state index >= 15 is 0 Å². The number of halogens is 1. The Morgan fingerprint density at radius 1 is 1.29 bits per heavy atom. The van der Waals surface area contributed by atoms with Gasteiger partial charge in [0.2, 0.25) is 0 Å². The Labute approximate surface area is 136 Å².